The van der Waals surface area contributed by atoms with Crippen molar-refractivity contribution < 1.29 is 0 Å². The van der Waals surface area contributed by atoms with Crippen LogP contribution >= 0.6 is 0 Å². The van der Waals surface area contributed by atoms with Gasteiger partial charge in [-0.3, -0.25) is 0 Å². The van der Waals surface area contributed by atoms with Crippen molar-refractivity contribution in [1.82, 2.24) is 0 Å². The van der Waals surface area contributed by atoms with Gasteiger partial charge in [-0.25, -0.2) is 0 Å². The Morgan fingerprint density at radius 3 is 1.40 bits per heavy atom. The summed E-state index contributed by atoms with van der Waals surface area (Å²) in [6.07, 6.45) is 0. The van der Waals surface area contributed by atoms with E-state index in [4.69, 9.17) is 0 Å². The van der Waals surface area contributed by atoms with Crippen molar-refractivity contribution in [2.24, 2.45) is 0 Å². The van der Waals surface area contributed by atoms with Crippen LogP contribution in [0.1, 0.15) is 52.7 Å². The molecule has 106 valence electrons. The fourth-order valence-corrected chi connectivity index (χ4v) is 2.29. The van der Waals surface area contributed by atoms with Crippen molar-refractivity contribution in [3.05, 3.63) is 59.7 Å². The Labute approximate surface area is 123 Å². The minimum atomic E-state index is 0.171. The fraction of sp³-hybridized carbons (Fsp3) is 0.400. The van der Waals surface area contributed by atoms with E-state index in [0.29, 0.717) is 0 Å². The first kappa shape index (κ1) is 14.8. The van der Waals surface area contributed by atoms with Gasteiger partial charge >= 0.3 is 0 Å². The average molecular weight is 266 g/mol. The van der Waals surface area contributed by atoms with Crippen molar-refractivity contribution in [1.29, 1.82) is 0 Å². The topological polar surface area (TPSA) is 0 Å². The first-order chi connectivity index (χ1) is 9.18. The van der Waals surface area contributed by atoms with E-state index in [-0.39, 0.29) is 10.8 Å². The lowest BCUT2D eigenvalue weighted by atomic mass is 9.79. The Hall–Kier alpha value is -1.56. The van der Waals surface area contributed by atoms with Crippen LogP contribution in [0.2, 0.25) is 0 Å². The second kappa shape index (κ2) is 5.09. The molecule has 0 fully saturated rings. The van der Waals surface area contributed by atoms with E-state index >= 15 is 0 Å². The highest BCUT2D eigenvalue weighted by atomic mass is 14.2. The molecule has 0 aliphatic rings. The van der Waals surface area contributed by atoms with Crippen LogP contribution in [0.4, 0.5) is 0 Å². The molecular weight excluding hydrogens is 240 g/mol. The van der Waals surface area contributed by atoms with Crippen molar-refractivity contribution in [3.8, 4) is 11.1 Å². The lowest BCUT2D eigenvalue weighted by Crippen LogP contribution is -2.16. The number of hydrogen-bond donors (Lipinski definition) is 0. The Balaban J connectivity index is 2.64. The van der Waals surface area contributed by atoms with Crippen LogP contribution in [0.25, 0.3) is 11.1 Å². The van der Waals surface area contributed by atoms with E-state index in [9.17, 15) is 0 Å². The standard InChI is InChI=1S/C20H26/c1-19(2,3)17-12-16(15-10-8-7-9-11-15)13-18(14-17)20(4,5)6/h7-14H,1-6H3. The fourth-order valence-electron chi connectivity index (χ4n) is 2.29. The molecule has 0 atom stereocenters. The van der Waals surface area contributed by atoms with Gasteiger partial charge < -0.3 is 0 Å². The first-order valence-corrected chi connectivity index (χ1v) is 7.39. The molecule has 0 radical (unpaired) electrons. The summed E-state index contributed by atoms with van der Waals surface area (Å²) in [6, 6.07) is 17.7. The minimum Gasteiger partial charge on any atom is -0.0622 e. The quantitative estimate of drug-likeness (QED) is 0.598. The van der Waals surface area contributed by atoms with Crippen LogP contribution in [0.15, 0.2) is 48.5 Å². The first-order valence-electron chi connectivity index (χ1n) is 7.39. The molecule has 0 amide bonds. The molecule has 2 rings (SSSR count). The van der Waals surface area contributed by atoms with Gasteiger partial charge in [0.05, 0.1) is 0 Å². The van der Waals surface area contributed by atoms with E-state index in [1.807, 2.05) is 0 Å². The predicted octanol–water partition coefficient (Wildman–Crippen LogP) is 5.95. The van der Waals surface area contributed by atoms with Gasteiger partial charge in [0.15, 0.2) is 0 Å². The molecule has 0 spiro atoms. The van der Waals surface area contributed by atoms with Gasteiger partial charge in [0.2, 0.25) is 0 Å². The number of rotatable bonds is 1. The molecule has 2 aromatic rings. The zero-order valence-electron chi connectivity index (χ0n) is 13.6. The SMILES string of the molecule is CC(C)(C)c1cc(-c2ccccc2)cc(C(C)(C)C)c1. The number of hydrogen-bond acceptors (Lipinski definition) is 0. The molecule has 20 heavy (non-hydrogen) atoms. The molecule has 0 N–H and O–H groups in total. The van der Waals surface area contributed by atoms with E-state index < -0.39 is 0 Å². The third kappa shape index (κ3) is 3.30. The van der Waals surface area contributed by atoms with Crippen molar-refractivity contribution in [2.45, 2.75) is 52.4 Å². The molecule has 0 heterocycles. The third-order valence-electron chi connectivity index (χ3n) is 3.77. The minimum absolute atomic E-state index is 0.171. The van der Waals surface area contributed by atoms with Crippen molar-refractivity contribution in [3.63, 3.8) is 0 Å². The van der Waals surface area contributed by atoms with Crippen molar-refractivity contribution in [2.75, 3.05) is 0 Å². The summed E-state index contributed by atoms with van der Waals surface area (Å²) < 4.78 is 0. The highest BCUT2D eigenvalue weighted by molar-refractivity contribution is 5.66. The third-order valence-corrected chi connectivity index (χ3v) is 3.77. The van der Waals surface area contributed by atoms with Crippen molar-refractivity contribution >= 4 is 0 Å². The molecule has 0 unspecified atom stereocenters. The van der Waals surface area contributed by atoms with E-state index in [1.54, 1.807) is 0 Å². The summed E-state index contributed by atoms with van der Waals surface area (Å²) >= 11 is 0. The smallest absolute Gasteiger partial charge is 0.0132 e. The molecule has 0 aliphatic carbocycles. The highest BCUT2D eigenvalue weighted by Crippen LogP contribution is 2.33. The molecule has 0 bridgehead atoms. The molecule has 2 aromatic carbocycles. The second-order valence-electron chi connectivity index (χ2n) is 7.67. The molecule has 0 saturated carbocycles. The Morgan fingerprint density at radius 1 is 0.550 bits per heavy atom. The average Bonchev–Trinajstić information content (AvgIpc) is 2.37. The van der Waals surface area contributed by atoms with Crippen LogP contribution in [0.3, 0.4) is 0 Å². The van der Waals surface area contributed by atoms with Gasteiger partial charge in [0.25, 0.3) is 0 Å². The van der Waals surface area contributed by atoms with Gasteiger partial charge in [-0.15, -0.1) is 0 Å². The molecular formula is C20H26. The summed E-state index contributed by atoms with van der Waals surface area (Å²) in [4.78, 5) is 0. The lowest BCUT2D eigenvalue weighted by molar-refractivity contribution is 0.569. The Kier molecular flexibility index (Phi) is 3.77. The largest absolute Gasteiger partial charge is 0.0622 e. The maximum Gasteiger partial charge on any atom is -0.0132 e. The zero-order chi connectivity index (χ0) is 15.0. The Bertz CT molecular complexity index is 545. The molecule has 0 saturated heterocycles. The molecule has 0 aromatic heterocycles. The van der Waals surface area contributed by atoms with Crippen LogP contribution in [0.5, 0.6) is 0 Å². The normalized spacial score (nSPS) is 12.5. The van der Waals surface area contributed by atoms with Gasteiger partial charge in [-0.05, 0) is 33.1 Å². The summed E-state index contributed by atoms with van der Waals surface area (Å²) in [5, 5.41) is 0. The molecule has 0 heteroatoms. The van der Waals surface area contributed by atoms with E-state index in [1.165, 1.54) is 22.3 Å². The van der Waals surface area contributed by atoms with E-state index in [2.05, 4.69) is 90.1 Å². The van der Waals surface area contributed by atoms with Crippen LogP contribution in [0, 0.1) is 0 Å². The maximum absolute atomic E-state index is 2.37. The van der Waals surface area contributed by atoms with E-state index in [0.717, 1.165) is 0 Å². The lowest BCUT2D eigenvalue weighted by Gasteiger charge is -2.26. The predicted molar refractivity (Wildman–Crippen MR) is 89.3 cm³/mol. The van der Waals surface area contributed by atoms with Crippen LogP contribution in [-0.4, -0.2) is 0 Å². The molecule has 0 aliphatic heterocycles. The summed E-state index contributed by atoms with van der Waals surface area (Å²) in [7, 11) is 0. The maximum atomic E-state index is 2.37. The van der Waals surface area contributed by atoms with Crippen LogP contribution in [-0.2, 0) is 10.8 Å². The summed E-state index contributed by atoms with van der Waals surface area (Å²) in [6.45, 7) is 13.7. The summed E-state index contributed by atoms with van der Waals surface area (Å²) in [5.74, 6) is 0. The molecule has 0 nitrogen and oxygen atoms in total. The Morgan fingerprint density at radius 2 is 1.00 bits per heavy atom. The highest BCUT2D eigenvalue weighted by Gasteiger charge is 2.20. The van der Waals surface area contributed by atoms with Gasteiger partial charge in [0.1, 0.15) is 0 Å². The second-order valence-corrected chi connectivity index (χ2v) is 7.67. The zero-order valence-corrected chi connectivity index (χ0v) is 13.6. The number of benzene rings is 2. The monoisotopic (exact) mass is 266 g/mol. The van der Waals surface area contributed by atoms with Gasteiger partial charge in [0, 0.05) is 0 Å². The van der Waals surface area contributed by atoms with Crippen LogP contribution < -0.4 is 0 Å². The van der Waals surface area contributed by atoms with Gasteiger partial charge in [-0.1, -0.05) is 90.1 Å². The van der Waals surface area contributed by atoms with Gasteiger partial charge in [-0.2, -0.15) is 0 Å². The summed E-state index contributed by atoms with van der Waals surface area (Å²) in [5.41, 5.74) is 5.77.